The fourth-order valence-corrected chi connectivity index (χ4v) is 2.46. The Balaban J connectivity index is 2.00. The summed E-state index contributed by atoms with van der Waals surface area (Å²) in [6, 6.07) is 12.4. The second kappa shape index (κ2) is 5.96. The van der Waals surface area contributed by atoms with E-state index in [4.69, 9.17) is 4.74 Å². The number of hydrogen-bond acceptors (Lipinski definition) is 4. The second-order valence-electron chi connectivity index (χ2n) is 5.20. The molecule has 0 saturated heterocycles. The molecule has 2 aromatic carbocycles. The molecule has 0 bridgehead atoms. The van der Waals surface area contributed by atoms with E-state index in [1.54, 1.807) is 36.5 Å². The number of aliphatic imine (C=N–C) groups is 1. The first-order valence-corrected chi connectivity index (χ1v) is 7.12. The highest BCUT2D eigenvalue weighted by Gasteiger charge is 2.05. The van der Waals surface area contributed by atoms with E-state index in [1.807, 2.05) is 19.1 Å². The van der Waals surface area contributed by atoms with Crippen molar-refractivity contribution in [1.29, 1.82) is 0 Å². The minimum absolute atomic E-state index is 0.0452. The highest BCUT2D eigenvalue weighted by molar-refractivity contribution is 5.89. The van der Waals surface area contributed by atoms with E-state index in [0.29, 0.717) is 17.0 Å². The van der Waals surface area contributed by atoms with Gasteiger partial charge in [-0.2, -0.15) is 0 Å². The van der Waals surface area contributed by atoms with Gasteiger partial charge in [-0.1, -0.05) is 12.1 Å². The highest BCUT2D eigenvalue weighted by Crippen LogP contribution is 2.29. The summed E-state index contributed by atoms with van der Waals surface area (Å²) < 4.78 is 5.07. The summed E-state index contributed by atoms with van der Waals surface area (Å²) in [5.41, 5.74) is 2.76. The summed E-state index contributed by atoms with van der Waals surface area (Å²) in [7, 11) is 1.50. The van der Waals surface area contributed by atoms with E-state index in [0.717, 1.165) is 16.5 Å². The zero-order valence-electron chi connectivity index (χ0n) is 12.8. The number of aromatic hydroxyl groups is 1. The van der Waals surface area contributed by atoms with E-state index in [9.17, 15) is 9.90 Å². The lowest BCUT2D eigenvalue weighted by atomic mass is 10.1. The Bertz CT molecular complexity index is 958. The average molecular weight is 308 g/mol. The van der Waals surface area contributed by atoms with Crippen molar-refractivity contribution >= 4 is 22.8 Å². The number of hydrogen-bond donors (Lipinski definition) is 2. The number of nitrogens with zero attached hydrogens (tertiary/aromatic N) is 1. The van der Waals surface area contributed by atoms with Crippen molar-refractivity contribution in [1.82, 2.24) is 4.98 Å². The molecule has 0 spiro atoms. The van der Waals surface area contributed by atoms with Crippen molar-refractivity contribution in [2.45, 2.75) is 6.92 Å². The van der Waals surface area contributed by atoms with Crippen molar-refractivity contribution in [3.8, 4) is 11.5 Å². The number of phenols is 1. The number of nitrogens with one attached hydrogen (secondary N) is 1. The van der Waals surface area contributed by atoms with Crippen LogP contribution in [-0.2, 0) is 0 Å². The number of aromatic nitrogens is 1. The van der Waals surface area contributed by atoms with E-state index in [2.05, 4.69) is 9.98 Å². The Morgan fingerprint density at radius 3 is 2.83 bits per heavy atom. The smallest absolute Gasteiger partial charge is 0.248 e. The third-order valence-corrected chi connectivity index (χ3v) is 3.64. The molecule has 1 aromatic heterocycles. The predicted octanol–water partition coefficient (Wildman–Crippen LogP) is 3.30. The highest BCUT2D eigenvalue weighted by atomic mass is 16.5. The molecule has 2 N–H and O–H groups in total. The second-order valence-corrected chi connectivity index (χ2v) is 5.20. The molecule has 116 valence electrons. The van der Waals surface area contributed by atoms with Gasteiger partial charge < -0.3 is 14.8 Å². The molecule has 0 unspecified atom stereocenters. The Hall–Kier alpha value is -3.08. The monoisotopic (exact) mass is 308 g/mol. The van der Waals surface area contributed by atoms with Crippen LogP contribution in [0.1, 0.15) is 11.1 Å². The molecule has 5 nitrogen and oxygen atoms in total. The summed E-state index contributed by atoms with van der Waals surface area (Å²) in [4.78, 5) is 18.7. The summed E-state index contributed by atoms with van der Waals surface area (Å²) in [5, 5.41) is 11.0. The van der Waals surface area contributed by atoms with Crippen molar-refractivity contribution in [3.63, 3.8) is 0 Å². The van der Waals surface area contributed by atoms with Gasteiger partial charge in [0.15, 0.2) is 11.5 Å². The summed E-state index contributed by atoms with van der Waals surface area (Å²) in [6.07, 6.45) is 1.56. The van der Waals surface area contributed by atoms with Crippen LogP contribution < -0.4 is 10.3 Å². The Morgan fingerprint density at radius 2 is 2.04 bits per heavy atom. The van der Waals surface area contributed by atoms with E-state index < -0.39 is 0 Å². The third-order valence-electron chi connectivity index (χ3n) is 3.64. The summed E-state index contributed by atoms with van der Waals surface area (Å²) >= 11 is 0. The predicted molar refractivity (Wildman–Crippen MR) is 91.2 cm³/mol. The summed E-state index contributed by atoms with van der Waals surface area (Å²) in [6.45, 7) is 1.90. The van der Waals surface area contributed by atoms with Crippen molar-refractivity contribution in [2.24, 2.45) is 4.99 Å². The molecule has 0 radical (unpaired) electrons. The standard InChI is InChI=1S/C18H16N2O3/c1-11-8-17(21)20-15-9-13(6-7-14(11)15)19-10-12-4-3-5-16(23-2)18(12)22/h3-10,22H,1-2H3,(H,20,21). The van der Waals surface area contributed by atoms with Crippen LogP contribution in [0.5, 0.6) is 11.5 Å². The van der Waals surface area contributed by atoms with Gasteiger partial charge in [0.1, 0.15) is 0 Å². The van der Waals surface area contributed by atoms with E-state index in [-0.39, 0.29) is 11.3 Å². The number of methoxy groups -OCH3 is 1. The number of H-pyrrole nitrogens is 1. The first kappa shape index (κ1) is 14.8. The number of pyridine rings is 1. The third kappa shape index (κ3) is 2.94. The number of fused-ring (bicyclic) bond motifs is 1. The van der Waals surface area contributed by atoms with Crippen LogP contribution in [-0.4, -0.2) is 23.4 Å². The number of rotatable bonds is 3. The van der Waals surface area contributed by atoms with Gasteiger partial charge in [-0.3, -0.25) is 9.79 Å². The normalized spacial score (nSPS) is 11.2. The van der Waals surface area contributed by atoms with Gasteiger partial charge in [0.25, 0.3) is 0 Å². The fraction of sp³-hybridized carbons (Fsp3) is 0.111. The van der Waals surface area contributed by atoms with E-state index in [1.165, 1.54) is 7.11 Å². The lowest BCUT2D eigenvalue weighted by molar-refractivity contribution is 0.373. The zero-order valence-corrected chi connectivity index (χ0v) is 12.8. The molecule has 0 saturated carbocycles. The van der Waals surface area contributed by atoms with Crippen molar-refractivity contribution in [2.75, 3.05) is 7.11 Å². The zero-order chi connectivity index (χ0) is 16.4. The first-order valence-electron chi connectivity index (χ1n) is 7.12. The minimum Gasteiger partial charge on any atom is -0.504 e. The number of phenolic OH excluding ortho intramolecular Hbond substituents is 1. The molecule has 1 heterocycles. The van der Waals surface area contributed by atoms with Crippen LogP contribution in [0.3, 0.4) is 0 Å². The Labute approximate surface area is 132 Å². The first-order chi connectivity index (χ1) is 11.1. The number of aryl methyl sites for hydroxylation is 1. The van der Waals surface area contributed by atoms with Gasteiger partial charge in [-0.25, -0.2) is 0 Å². The molecule has 0 fully saturated rings. The largest absolute Gasteiger partial charge is 0.504 e. The van der Waals surface area contributed by atoms with Gasteiger partial charge >= 0.3 is 0 Å². The molecule has 3 rings (SSSR count). The molecule has 0 amide bonds. The molecule has 5 heteroatoms. The van der Waals surface area contributed by atoms with Crippen LogP contribution in [0.4, 0.5) is 5.69 Å². The molecule has 3 aromatic rings. The van der Waals surface area contributed by atoms with Gasteiger partial charge in [-0.05, 0) is 36.8 Å². The molecular formula is C18H16N2O3. The number of benzene rings is 2. The SMILES string of the molecule is COc1cccc(C=Nc2ccc3c(C)cc(=O)[nH]c3c2)c1O. The summed E-state index contributed by atoms with van der Waals surface area (Å²) in [5.74, 6) is 0.441. The Kier molecular flexibility index (Phi) is 3.85. The van der Waals surface area contributed by atoms with Crippen LogP contribution >= 0.6 is 0 Å². The fourth-order valence-electron chi connectivity index (χ4n) is 2.46. The van der Waals surface area contributed by atoms with E-state index >= 15 is 0 Å². The van der Waals surface area contributed by atoms with Crippen LogP contribution in [0.25, 0.3) is 10.9 Å². The molecular weight excluding hydrogens is 292 g/mol. The minimum atomic E-state index is -0.137. The molecule has 0 aliphatic heterocycles. The molecule has 0 atom stereocenters. The quantitative estimate of drug-likeness (QED) is 0.729. The average Bonchev–Trinajstić information content (AvgIpc) is 2.53. The number of para-hydroxylation sites is 1. The number of ether oxygens (including phenoxy) is 1. The number of aromatic amines is 1. The maximum absolute atomic E-state index is 11.6. The Morgan fingerprint density at radius 1 is 1.22 bits per heavy atom. The lowest BCUT2D eigenvalue weighted by Gasteiger charge is -2.05. The van der Waals surface area contributed by atoms with Crippen molar-refractivity contribution in [3.05, 3.63) is 63.9 Å². The topological polar surface area (TPSA) is 74.7 Å². The maximum atomic E-state index is 11.6. The molecule has 0 aliphatic carbocycles. The molecule has 0 aliphatic rings. The van der Waals surface area contributed by atoms with Gasteiger partial charge in [-0.15, -0.1) is 0 Å². The maximum Gasteiger partial charge on any atom is 0.248 e. The van der Waals surface area contributed by atoms with Gasteiger partial charge in [0.05, 0.1) is 18.3 Å². The molecule has 23 heavy (non-hydrogen) atoms. The van der Waals surface area contributed by atoms with Crippen LogP contribution in [0.2, 0.25) is 0 Å². The van der Waals surface area contributed by atoms with Crippen LogP contribution in [0, 0.1) is 6.92 Å². The van der Waals surface area contributed by atoms with Gasteiger partial charge in [0, 0.05) is 23.2 Å². The van der Waals surface area contributed by atoms with Crippen molar-refractivity contribution < 1.29 is 9.84 Å². The van der Waals surface area contributed by atoms with Gasteiger partial charge in [0.2, 0.25) is 5.56 Å². The lowest BCUT2D eigenvalue weighted by Crippen LogP contribution is -2.04. The van der Waals surface area contributed by atoms with Crippen LogP contribution in [0.15, 0.2) is 52.3 Å².